The molecule has 32 heavy (non-hydrogen) atoms. The quantitative estimate of drug-likeness (QED) is 0.257. The molecule has 0 bridgehead atoms. The second-order valence-electron chi connectivity index (χ2n) is 7.19. The average Bonchev–Trinajstić information content (AvgIpc) is 3.30. The van der Waals surface area contributed by atoms with Gasteiger partial charge in [0.25, 0.3) is 11.7 Å². The highest BCUT2D eigenvalue weighted by Crippen LogP contribution is 2.45. The van der Waals surface area contributed by atoms with Gasteiger partial charge in [0, 0.05) is 21.2 Å². The lowest BCUT2D eigenvalue weighted by Crippen LogP contribution is -2.29. The van der Waals surface area contributed by atoms with Crippen molar-refractivity contribution in [3.63, 3.8) is 0 Å². The molecule has 2 heterocycles. The molecule has 164 valence electrons. The molecule has 1 aromatic heterocycles. The number of thiophene rings is 1. The number of aliphatic hydroxyl groups excluding tert-OH is 1. The third kappa shape index (κ3) is 3.90. The number of aliphatic hydroxyl groups is 1. The number of nitrogens with zero attached hydrogens (tertiary/aromatic N) is 1. The normalized spacial score (nSPS) is 17.8. The molecule has 1 fully saturated rings. The van der Waals surface area contributed by atoms with Crippen molar-refractivity contribution in [3.05, 3.63) is 85.5 Å². The van der Waals surface area contributed by atoms with Crippen molar-refractivity contribution in [3.8, 4) is 5.75 Å². The maximum absolute atomic E-state index is 13.2. The van der Waals surface area contributed by atoms with Crippen LogP contribution >= 0.6 is 34.5 Å². The summed E-state index contributed by atoms with van der Waals surface area (Å²) >= 11 is 13.6. The molecule has 1 aliphatic rings. The highest BCUT2D eigenvalue weighted by molar-refractivity contribution is 7.10. The van der Waals surface area contributed by atoms with Crippen molar-refractivity contribution in [1.82, 2.24) is 0 Å². The lowest BCUT2D eigenvalue weighted by atomic mass is 9.98. The maximum Gasteiger partial charge on any atom is 0.300 e. The van der Waals surface area contributed by atoms with Gasteiger partial charge in [0.1, 0.15) is 17.6 Å². The third-order valence-corrected chi connectivity index (χ3v) is 6.84. The fourth-order valence-corrected chi connectivity index (χ4v) is 5.01. The summed E-state index contributed by atoms with van der Waals surface area (Å²) in [4.78, 5) is 28.5. The molecule has 0 radical (unpaired) electrons. The van der Waals surface area contributed by atoms with Gasteiger partial charge in [0.05, 0.1) is 17.2 Å². The molecular formula is C24H19Cl2NO4S. The number of aryl methyl sites for hydroxylation is 1. The van der Waals surface area contributed by atoms with Crippen molar-refractivity contribution >= 4 is 57.7 Å². The van der Waals surface area contributed by atoms with E-state index in [-0.39, 0.29) is 11.3 Å². The number of rotatable bonds is 5. The number of carbonyl (C=O) groups is 2. The molecule has 0 saturated carbocycles. The minimum absolute atomic E-state index is 0.0141. The van der Waals surface area contributed by atoms with Crippen molar-refractivity contribution in [2.75, 3.05) is 11.5 Å². The van der Waals surface area contributed by atoms with Crippen molar-refractivity contribution in [2.24, 2.45) is 0 Å². The first-order valence-electron chi connectivity index (χ1n) is 9.86. The van der Waals surface area contributed by atoms with Gasteiger partial charge in [-0.2, -0.15) is 0 Å². The molecule has 1 saturated heterocycles. The van der Waals surface area contributed by atoms with E-state index < -0.39 is 17.7 Å². The number of hydrogen-bond donors (Lipinski definition) is 1. The Morgan fingerprint density at radius 2 is 1.84 bits per heavy atom. The van der Waals surface area contributed by atoms with Gasteiger partial charge in [0.2, 0.25) is 0 Å². The molecule has 1 aliphatic heterocycles. The number of benzene rings is 2. The second kappa shape index (κ2) is 8.98. The van der Waals surface area contributed by atoms with Gasteiger partial charge < -0.3 is 9.84 Å². The molecule has 3 aromatic rings. The Morgan fingerprint density at radius 1 is 1.12 bits per heavy atom. The maximum atomic E-state index is 13.2. The Kier molecular flexibility index (Phi) is 6.29. The second-order valence-corrected chi connectivity index (χ2v) is 8.98. The molecule has 1 amide bonds. The van der Waals surface area contributed by atoms with E-state index in [1.807, 2.05) is 25.3 Å². The number of ether oxygens (including phenoxy) is 1. The first-order chi connectivity index (χ1) is 15.3. The zero-order chi connectivity index (χ0) is 23.0. The van der Waals surface area contributed by atoms with Crippen LogP contribution < -0.4 is 9.64 Å². The van der Waals surface area contributed by atoms with E-state index in [4.69, 9.17) is 27.9 Å². The van der Waals surface area contributed by atoms with Gasteiger partial charge in [-0.05, 0) is 73.3 Å². The number of ketones is 1. The largest absolute Gasteiger partial charge is 0.507 e. The van der Waals surface area contributed by atoms with E-state index in [0.29, 0.717) is 33.7 Å². The summed E-state index contributed by atoms with van der Waals surface area (Å²) in [5.74, 6) is -1.38. The van der Waals surface area contributed by atoms with E-state index >= 15 is 0 Å². The lowest BCUT2D eigenvalue weighted by Gasteiger charge is -2.25. The van der Waals surface area contributed by atoms with Crippen LogP contribution in [0.5, 0.6) is 5.75 Å². The predicted molar refractivity (Wildman–Crippen MR) is 128 cm³/mol. The van der Waals surface area contributed by atoms with E-state index in [0.717, 1.165) is 10.4 Å². The molecule has 4 rings (SSSR count). The van der Waals surface area contributed by atoms with E-state index in [1.54, 1.807) is 42.5 Å². The first-order valence-corrected chi connectivity index (χ1v) is 11.5. The highest BCUT2D eigenvalue weighted by Gasteiger charge is 2.47. The van der Waals surface area contributed by atoms with Crippen LogP contribution in [0.3, 0.4) is 0 Å². The number of Topliss-reactive ketones (excluding diaryl/α,β-unsaturated/α-hetero) is 1. The van der Waals surface area contributed by atoms with Crippen LogP contribution in [-0.2, 0) is 9.59 Å². The predicted octanol–water partition coefficient (Wildman–Crippen LogP) is 6.39. The molecule has 0 aliphatic carbocycles. The van der Waals surface area contributed by atoms with E-state index in [9.17, 15) is 14.7 Å². The van der Waals surface area contributed by atoms with Crippen LogP contribution in [-0.4, -0.2) is 23.4 Å². The van der Waals surface area contributed by atoms with Crippen LogP contribution in [0, 0.1) is 6.92 Å². The Morgan fingerprint density at radius 3 is 2.47 bits per heavy atom. The van der Waals surface area contributed by atoms with Crippen LogP contribution in [0.2, 0.25) is 10.0 Å². The number of amides is 1. The number of carbonyl (C=O) groups excluding carboxylic acids is 2. The van der Waals surface area contributed by atoms with Crippen molar-refractivity contribution in [2.45, 2.75) is 19.9 Å². The third-order valence-electron chi connectivity index (χ3n) is 5.20. The molecule has 8 heteroatoms. The van der Waals surface area contributed by atoms with Gasteiger partial charge in [-0.3, -0.25) is 14.5 Å². The molecule has 1 unspecified atom stereocenters. The summed E-state index contributed by atoms with van der Waals surface area (Å²) in [5, 5.41) is 14.0. The van der Waals surface area contributed by atoms with Crippen LogP contribution in [0.4, 0.5) is 5.69 Å². The molecular weight excluding hydrogens is 469 g/mol. The van der Waals surface area contributed by atoms with Crippen LogP contribution in [0.1, 0.15) is 29.0 Å². The Labute approximate surface area is 199 Å². The fraction of sp³-hybridized carbons (Fsp3) is 0.167. The number of hydrogen-bond acceptors (Lipinski definition) is 5. The lowest BCUT2D eigenvalue weighted by molar-refractivity contribution is -0.132. The zero-order valence-electron chi connectivity index (χ0n) is 17.3. The summed E-state index contributed by atoms with van der Waals surface area (Å²) in [6.45, 7) is 4.11. The monoisotopic (exact) mass is 487 g/mol. The molecule has 2 aromatic carbocycles. The summed E-state index contributed by atoms with van der Waals surface area (Å²) in [6.07, 6.45) is 0. The van der Waals surface area contributed by atoms with Gasteiger partial charge in [-0.25, -0.2) is 0 Å². The molecule has 1 N–H and O–H groups in total. The molecule has 0 spiro atoms. The summed E-state index contributed by atoms with van der Waals surface area (Å²) in [6, 6.07) is 12.5. The fourth-order valence-electron chi connectivity index (χ4n) is 3.69. The molecule has 1 atom stereocenters. The van der Waals surface area contributed by atoms with Gasteiger partial charge in [0.15, 0.2) is 0 Å². The van der Waals surface area contributed by atoms with Gasteiger partial charge >= 0.3 is 0 Å². The standard InChI is InChI=1S/C24H19Cl2NO4S/c1-3-31-18-12-14(4-9-17(18)26)21(28)19-20(23-13(2)10-11-32-23)27(24(30)22(19)29)16-7-5-15(25)6-8-16/h4-12,20,28H,3H2,1-2H3/b21-19-. The Balaban J connectivity index is 1.92. The SMILES string of the molecule is CCOc1cc(/C(O)=C2/C(=O)C(=O)N(c3ccc(Cl)cc3)C2c2sccc2C)ccc1Cl. The van der Waals surface area contributed by atoms with Gasteiger partial charge in [-0.1, -0.05) is 23.2 Å². The Hall–Kier alpha value is -2.80. The number of halogens is 2. The number of anilines is 1. The minimum atomic E-state index is -0.776. The van der Waals surface area contributed by atoms with E-state index in [1.165, 1.54) is 16.2 Å². The smallest absolute Gasteiger partial charge is 0.300 e. The minimum Gasteiger partial charge on any atom is -0.507 e. The zero-order valence-corrected chi connectivity index (χ0v) is 19.6. The van der Waals surface area contributed by atoms with Crippen molar-refractivity contribution < 1.29 is 19.4 Å². The summed E-state index contributed by atoms with van der Waals surface area (Å²) in [5.41, 5.74) is 1.78. The van der Waals surface area contributed by atoms with Crippen LogP contribution in [0.15, 0.2) is 59.5 Å². The van der Waals surface area contributed by atoms with Crippen molar-refractivity contribution in [1.29, 1.82) is 0 Å². The summed E-state index contributed by atoms with van der Waals surface area (Å²) in [7, 11) is 0. The average molecular weight is 488 g/mol. The van der Waals surface area contributed by atoms with E-state index in [2.05, 4.69) is 0 Å². The summed E-state index contributed by atoms with van der Waals surface area (Å²) < 4.78 is 5.52. The Bertz CT molecular complexity index is 1230. The van der Waals surface area contributed by atoms with Crippen LogP contribution in [0.25, 0.3) is 5.76 Å². The molecule has 5 nitrogen and oxygen atoms in total. The first kappa shape index (κ1) is 22.4. The topological polar surface area (TPSA) is 66.8 Å². The highest BCUT2D eigenvalue weighted by atomic mass is 35.5. The van der Waals surface area contributed by atoms with Gasteiger partial charge in [-0.15, -0.1) is 11.3 Å².